The highest BCUT2D eigenvalue weighted by Gasteiger charge is 2.12. The van der Waals surface area contributed by atoms with E-state index in [1.54, 1.807) is 18.2 Å². The number of benzene rings is 2. The molecule has 0 radical (unpaired) electrons. The Balaban J connectivity index is 1.85. The molecular formula is C21H17N3O2S. The molecule has 0 unspecified atom stereocenters. The van der Waals surface area contributed by atoms with Gasteiger partial charge >= 0.3 is 5.56 Å². The quantitative estimate of drug-likeness (QED) is 0.552. The first kappa shape index (κ1) is 17.3. The number of fused-ring (bicyclic) bond motifs is 1. The molecule has 0 atom stereocenters. The van der Waals surface area contributed by atoms with E-state index in [9.17, 15) is 9.59 Å². The van der Waals surface area contributed by atoms with Gasteiger partial charge in [-0.25, -0.2) is 0 Å². The summed E-state index contributed by atoms with van der Waals surface area (Å²) in [5.74, 6) is 0.453. The molecule has 0 N–H and O–H groups in total. The van der Waals surface area contributed by atoms with E-state index in [1.165, 1.54) is 21.4 Å². The number of rotatable bonds is 3. The van der Waals surface area contributed by atoms with Crippen molar-refractivity contribution in [1.29, 1.82) is 0 Å². The summed E-state index contributed by atoms with van der Waals surface area (Å²) in [5.41, 5.74) is 2.28. The average Bonchev–Trinajstić information content (AvgIpc) is 2.97. The Kier molecular flexibility index (Phi) is 4.41. The molecule has 134 valence electrons. The first-order valence-corrected chi connectivity index (χ1v) is 9.45. The van der Waals surface area contributed by atoms with E-state index < -0.39 is 5.56 Å². The van der Waals surface area contributed by atoms with Crippen molar-refractivity contribution in [3.05, 3.63) is 91.0 Å². The van der Waals surface area contributed by atoms with Gasteiger partial charge in [-0.2, -0.15) is 14.6 Å². The van der Waals surface area contributed by atoms with Crippen molar-refractivity contribution < 1.29 is 0 Å². The van der Waals surface area contributed by atoms with Gasteiger partial charge in [-0.05, 0) is 23.1 Å². The summed E-state index contributed by atoms with van der Waals surface area (Å²) in [5, 5.41) is 4.26. The van der Waals surface area contributed by atoms with Crippen LogP contribution in [0.15, 0.2) is 64.2 Å². The molecule has 27 heavy (non-hydrogen) atoms. The van der Waals surface area contributed by atoms with Crippen LogP contribution in [-0.2, 0) is 0 Å². The molecule has 0 aliphatic rings. The Morgan fingerprint density at radius 1 is 1.00 bits per heavy atom. The Labute approximate surface area is 159 Å². The van der Waals surface area contributed by atoms with Crippen LogP contribution >= 0.6 is 11.3 Å². The fourth-order valence-electron chi connectivity index (χ4n) is 2.81. The van der Waals surface area contributed by atoms with Crippen LogP contribution in [0.3, 0.4) is 0 Å². The summed E-state index contributed by atoms with van der Waals surface area (Å²) in [6, 6.07) is 17.1. The number of hydrogen-bond donors (Lipinski definition) is 0. The minimum Gasteiger partial charge on any atom is -0.266 e. The van der Waals surface area contributed by atoms with Crippen LogP contribution in [0.2, 0.25) is 0 Å². The van der Waals surface area contributed by atoms with Crippen LogP contribution < -0.4 is 15.7 Å². The van der Waals surface area contributed by atoms with Gasteiger partial charge in [0.05, 0.1) is 4.53 Å². The minimum atomic E-state index is -0.435. The second-order valence-electron chi connectivity index (χ2n) is 6.56. The molecule has 0 aliphatic heterocycles. The lowest BCUT2D eigenvalue weighted by Crippen LogP contribution is -2.26. The third-order valence-corrected chi connectivity index (χ3v) is 5.29. The minimum absolute atomic E-state index is 0.177. The Hall–Kier alpha value is -3.12. The maximum Gasteiger partial charge on any atom is 0.300 e. The van der Waals surface area contributed by atoms with Crippen molar-refractivity contribution in [2.24, 2.45) is 0 Å². The van der Waals surface area contributed by atoms with Crippen LogP contribution in [-0.4, -0.2) is 14.6 Å². The van der Waals surface area contributed by atoms with Crippen LogP contribution in [0.5, 0.6) is 0 Å². The van der Waals surface area contributed by atoms with E-state index in [-0.39, 0.29) is 11.3 Å². The molecule has 2 aromatic heterocycles. The first-order chi connectivity index (χ1) is 13.0. The molecule has 0 spiro atoms. The maximum absolute atomic E-state index is 12.7. The zero-order valence-electron chi connectivity index (χ0n) is 14.9. The second-order valence-corrected chi connectivity index (χ2v) is 7.57. The monoisotopic (exact) mass is 375 g/mol. The standard InChI is InChI=1S/C21H17N3O2S/c1-13(2)15-10-8-14(9-11-15)12-17-20(26)24-21(27-17)22-19(25)18(23-24)16-6-4-3-5-7-16/h3-13H,1-2H3/b17-12+. The molecule has 2 heterocycles. The lowest BCUT2D eigenvalue weighted by molar-refractivity contribution is 0.866. The molecule has 0 bridgehead atoms. The molecule has 0 saturated heterocycles. The van der Waals surface area contributed by atoms with Gasteiger partial charge < -0.3 is 0 Å². The normalized spacial score (nSPS) is 12.2. The molecule has 4 aromatic rings. The zero-order chi connectivity index (χ0) is 19.0. The van der Waals surface area contributed by atoms with Gasteiger partial charge in [0, 0.05) is 5.56 Å². The van der Waals surface area contributed by atoms with E-state index in [4.69, 9.17) is 0 Å². The Morgan fingerprint density at radius 3 is 2.37 bits per heavy atom. The van der Waals surface area contributed by atoms with Crippen LogP contribution in [0.1, 0.15) is 30.9 Å². The highest BCUT2D eigenvalue weighted by Crippen LogP contribution is 2.15. The van der Waals surface area contributed by atoms with Gasteiger partial charge in [-0.1, -0.05) is 79.8 Å². The Bertz CT molecular complexity index is 1270. The van der Waals surface area contributed by atoms with Gasteiger partial charge in [0.15, 0.2) is 5.69 Å². The van der Waals surface area contributed by atoms with Crippen molar-refractivity contribution in [2.75, 3.05) is 0 Å². The smallest absolute Gasteiger partial charge is 0.266 e. The summed E-state index contributed by atoms with van der Waals surface area (Å²) < 4.78 is 1.71. The Morgan fingerprint density at radius 2 is 1.70 bits per heavy atom. The number of hydrogen-bond acceptors (Lipinski definition) is 5. The molecule has 4 rings (SSSR count). The van der Waals surface area contributed by atoms with E-state index in [2.05, 4.69) is 36.1 Å². The van der Waals surface area contributed by atoms with E-state index in [1.807, 2.05) is 30.3 Å². The highest BCUT2D eigenvalue weighted by atomic mass is 32.1. The van der Waals surface area contributed by atoms with Crippen molar-refractivity contribution in [1.82, 2.24) is 14.6 Å². The SMILES string of the molecule is CC(C)c1ccc(/C=c2/sc3nc(=O)c(-c4ccccc4)nn3c2=O)cc1. The topological polar surface area (TPSA) is 64.3 Å². The van der Waals surface area contributed by atoms with Gasteiger partial charge in [0.1, 0.15) is 0 Å². The summed E-state index contributed by atoms with van der Waals surface area (Å²) in [7, 11) is 0. The highest BCUT2D eigenvalue weighted by molar-refractivity contribution is 7.15. The summed E-state index contributed by atoms with van der Waals surface area (Å²) in [6.45, 7) is 4.28. The lowest BCUT2D eigenvalue weighted by Gasteiger charge is -2.04. The number of thiazole rings is 1. The van der Waals surface area contributed by atoms with Crippen molar-refractivity contribution >= 4 is 22.4 Å². The summed E-state index contributed by atoms with van der Waals surface area (Å²) in [4.78, 5) is 29.4. The van der Waals surface area contributed by atoms with Crippen molar-refractivity contribution in [3.63, 3.8) is 0 Å². The van der Waals surface area contributed by atoms with Gasteiger partial charge in [-0.15, -0.1) is 0 Å². The molecular weight excluding hydrogens is 358 g/mol. The molecule has 5 nitrogen and oxygen atoms in total. The van der Waals surface area contributed by atoms with Crippen molar-refractivity contribution in [2.45, 2.75) is 19.8 Å². The molecule has 0 aliphatic carbocycles. The molecule has 6 heteroatoms. The van der Waals surface area contributed by atoms with Gasteiger partial charge in [0.2, 0.25) is 4.96 Å². The van der Waals surface area contributed by atoms with Crippen LogP contribution in [0, 0.1) is 0 Å². The third-order valence-electron chi connectivity index (χ3n) is 4.33. The van der Waals surface area contributed by atoms with E-state index in [0.717, 1.165) is 5.56 Å². The van der Waals surface area contributed by atoms with Gasteiger partial charge in [0.25, 0.3) is 5.56 Å². The summed E-state index contributed by atoms with van der Waals surface area (Å²) >= 11 is 1.17. The lowest BCUT2D eigenvalue weighted by atomic mass is 10.0. The van der Waals surface area contributed by atoms with E-state index >= 15 is 0 Å². The molecule has 2 aromatic carbocycles. The molecule has 0 saturated carbocycles. The zero-order valence-corrected chi connectivity index (χ0v) is 15.7. The fraction of sp³-hybridized carbons (Fsp3) is 0.143. The largest absolute Gasteiger partial charge is 0.300 e. The van der Waals surface area contributed by atoms with Gasteiger partial charge in [-0.3, -0.25) is 9.59 Å². The number of aromatic nitrogens is 3. The maximum atomic E-state index is 12.7. The predicted octanol–water partition coefficient (Wildman–Crippen LogP) is 2.85. The molecule has 0 amide bonds. The number of nitrogens with zero attached hydrogens (tertiary/aromatic N) is 3. The first-order valence-electron chi connectivity index (χ1n) is 8.64. The molecule has 0 fully saturated rings. The second kappa shape index (κ2) is 6.89. The fourth-order valence-corrected chi connectivity index (χ4v) is 3.72. The van der Waals surface area contributed by atoms with E-state index in [0.29, 0.717) is 21.0 Å². The predicted molar refractivity (Wildman–Crippen MR) is 108 cm³/mol. The van der Waals surface area contributed by atoms with Crippen LogP contribution in [0.4, 0.5) is 0 Å². The average molecular weight is 375 g/mol. The van der Waals surface area contributed by atoms with Crippen LogP contribution in [0.25, 0.3) is 22.3 Å². The third kappa shape index (κ3) is 3.31. The summed E-state index contributed by atoms with van der Waals surface area (Å²) in [6.07, 6.45) is 1.81. The van der Waals surface area contributed by atoms with Crippen molar-refractivity contribution in [3.8, 4) is 11.3 Å².